The topological polar surface area (TPSA) is 42.5 Å². The summed E-state index contributed by atoms with van der Waals surface area (Å²) in [6.07, 6.45) is 0. The van der Waals surface area contributed by atoms with E-state index in [0.29, 0.717) is 18.3 Å². The van der Waals surface area contributed by atoms with Crippen LogP contribution >= 0.6 is 28.1 Å². The lowest BCUT2D eigenvalue weighted by molar-refractivity contribution is 0.322. The Balaban J connectivity index is 1.68. The molecule has 2 N–H and O–H groups in total. The predicted molar refractivity (Wildman–Crippen MR) is 96.9 cm³/mol. The molecule has 0 heterocycles. The van der Waals surface area contributed by atoms with E-state index < -0.39 is 0 Å². The molecule has 0 saturated carbocycles. The Labute approximate surface area is 144 Å². The average molecular weight is 381 g/mol. The summed E-state index contributed by atoms with van der Waals surface area (Å²) in [6.45, 7) is 1.14. The average Bonchev–Trinajstić information content (AvgIpc) is 2.52. The predicted octanol–water partition coefficient (Wildman–Crippen LogP) is 3.82. The summed E-state index contributed by atoms with van der Waals surface area (Å²) in [5.41, 5.74) is 0.933. The standard InChI is InChI=1S/C16H17BrN2O2S/c1-20-14-5-7-15(8-6-14)21-10-9-18-16(22)19-13-4-2-3-12(17)11-13/h2-8,11H,9-10H2,1H3,(H2,18,19,22). The van der Waals surface area contributed by atoms with E-state index in [-0.39, 0.29) is 0 Å². The van der Waals surface area contributed by atoms with E-state index in [1.807, 2.05) is 48.5 Å². The lowest BCUT2D eigenvalue weighted by atomic mass is 10.3. The molecule has 2 aromatic rings. The molecule has 116 valence electrons. The van der Waals surface area contributed by atoms with Crippen molar-refractivity contribution in [2.24, 2.45) is 0 Å². The zero-order chi connectivity index (χ0) is 15.8. The van der Waals surface area contributed by atoms with E-state index >= 15 is 0 Å². The van der Waals surface area contributed by atoms with Gasteiger partial charge in [0.05, 0.1) is 13.7 Å². The first kappa shape index (κ1) is 16.6. The van der Waals surface area contributed by atoms with E-state index in [4.69, 9.17) is 21.7 Å². The van der Waals surface area contributed by atoms with Crippen molar-refractivity contribution in [3.63, 3.8) is 0 Å². The van der Waals surface area contributed by atoms with Gasteiger partial charge in [0.15, 0.2) is 5.11 Å². The Kier molecular flexibility index (Phi) is 6.48. The number of rotatable bonds is 6. The molecule has 22 heavy (non-hydrogen) atoms. The van der Waals surface area contributed by atoms with Crippen molar-refractivity contribution in [3.8, 4) is 11.5 Å². The highest BCUT2D eigenvalue weighted by molar-refractivity contribution is 9.10. The highest BCUT2D eigenvalue weighted by Crippen LogP contribution is 2.17. The molecule has 0 amide bonds. The second-order valence-electron chi connectivity index (χ2n) is 4.42. The summed E-state index contributed by atoms with van der Waals surface area (Å²) < 4.78 is 11.7. The minimum atomic E-state index is 0.520. The minimum Gasteiger partial charge on any atom is -0.497 e. The van der Waals surface area contributed by atoms with Gasteiger partial charge in [-0.1, -0.05) is 22.0 Å². The second-order valence-corrected chi connectivity index (χ2v) is 5.74. The maximum absolute atomic E-state index is 5.61. The summed E-state index contributed by atoms with van der Waals surface area (Å²) in [6, 6.07) is 15.3. The van der Waals surface area contributed by atoms with Crippen molar-refractivity contribution in [2.45, 2.75) is 0 Å². The number of anilines is 1. The van der Waals surface area contributed by atoms with Crippen LogP contribution in [0.1, 0.15) is 0 Å². The van der Waals surface area contributed by atoms with E-state index in [1.165, 1.54) is 0 Å². The Morgan fingerprint density at radius 1 is 1.14 bits per heavy atom. The molecular formula is C16H17BrN2O2S. The zero-order valence-electron chi connectivity index (χ0n) is 12.1. The summed E-state index contributed by atoms with van der Waals surface area (Å²) in [7, 11) is 1.64. The fourth-order valence-electron chi connectivity index (χ4n) is 1.75. The first-order valence-corrected chi connectivity index (χ1v) is 7.95. The number of ether oxygens (including phenoxy) is 2. The molecule has 0 bridgehead atoms. The van der Waals surface area contributed by atoms with E-state index in [9.17, 15) is 0 Å². The molecule has 0 aliphatic carbocycles. The SMILES string of the molecule is COc1ccc(OCCNC(=S)Nc2cccc(Br)c2)cc1. The summed E-state index contributed by atoms with van der Waals surface area (Å²) in [5.74, 6) is 1.61. The van der Waals surface area contributed by atoms with Crippen LogP contribution in [-0.4, -0.2) is 25.4 Å². The molecule has 0 spiro atoms. The van der Waals surface area contributed by atoms with Crippen LogP contribution in [0.2, 0.25) is 0 Å². The van der Waals surface area contributed by atoms with Crippen molar-refractivity contribution < 1.29 is 9.47 Å². The van der Waals surface area contributed by atoms with Gasteiger partial charge in [0.1, 0.15) is 18.1 Å². The lowest BCUT2D eigenvalue weighted by Crippen LogP contribution is -2.31. The molecule has 0 aromatic heterocycles. The van der Waals surface area contributed by atoms with Gasteiger partial charge in [-0.15, -0.1) is 0 Å². The maximum atomic E-state index is 5.61. The first-order chi connectivity index (χ1) is 10.7. The van der Waals surface area contributed by atoms with Gasteiger partial charge in [-0.3, -0.25) is 0 Å². The molecule has 0 radical (unpaired) electrons. The van der Waals surface area contributed by atoms with Crippen molar-refractivity contribution in [1.29, 1.82) is 0 Å². The Bertz CT molecular complexity index is 620. The number of benzene rings is 2. The van der Waals surface area contributed by atoms with Gasteiger partial charge in [-0.2, -0.15) is 0 Å². The maximum Gasteiger partial charge on any atom is 0.170 e. The van der Waals surface area contributed by atoms with Gasteiger partial charge in [-0.05, 0) is 54.7 Å². The zero-order valence-corrected chi connectivity index (χ0v) is 14.5. The van der Waals surface area contributed by atoms with Crippen molar-refractivity contribution in [3.05, 3.63) is 53.0 Å². The normalized spacial score (nSPS) is 9.91. The molecule has 2 aromatic carbocycles. The largest absolute Gasteiger partial charge is 0.497 e. The Hall–Kier alpha value is -1.79. The van der Waals surface area contributed by atoms with Gasteiger partial charge in [-0.25, -0.2) is 0 Å². The second kappa shape index (κ2) is 8.60. The molecule has 6 heteroatoms. The third kappa shape index (κ3) is 5.54. The van der Waals surface area contributed by atoms with E-state index in [0.717, 1.165) is 21.7 Å². The van der Waals surface area contributed by atoms with Crippen LogP contribution < -0.4 is 20.1 Å². The number of hydrogen-bond acceptors (Lipinski definition) is 3. The smallest absolute Gasteiger partial charge is 0.170 e. The lowest BCUT2D eigenvalue weighted by Gasteiger charge is -2.11. The van der Waals surface area contributed by atoms with E-state index in [2.05, 4.69) is 26.6 Å². The van der Waals surface area contributed by atoms with E-state index in [1.54, 1.807) is 7.11 Å². The van der Waals surface area contributed by atoms with Crippen LogP contribution in [0.3, 0.4) is 0 Å². The van der Waals surface area contributed by atoms with Crippen LogP contribution in [0.4, 0.5) is 5.69 Å². The molecular weight excluding hydrogens is 364 g/mol. The highest BCUT2D eigenvalue weighted by atomic mass is 79.9. The molecule has 2 rings (SSSR count). The number of nitrogens with one attached hydrogen (secondary N) is 2. The van der Waals surface area contributed by atoms with Gasteiger partial charge in [0.2, 0.25) is 0 Å². The fraction of sp³-hybridized carbons (Fsp3) is 0.188. The summed E-state index contributed by atoms with van der Waals surface area (Å²) in [4.78, 5) is 0. The molecule has 0 atom stereocenters. The minimum absolute atomic E-state index is 0.520. The van der Waals surface area contributed by atoms with Crippen LogP contribution in [-0.2, 0) is 0 Å². The number of hydrogen-bond donors (Lipinski definition) is 2. The Morgan fingerprint density at radius 3 is 2.55 bits per heavy atom. The third-order valence-electron chi connectivity index (χ3n) is 2.80. The third-order valence-corrected chi connectivity index (χ3v) is 3.54. The molecule has 0 fully saturated rings. The van der Waals surface area contributed by atoms with Crippen LogP contribution in [0, 0.1) is 0 Å². The summed E-state index contributed by atoms with van der Waals surface area (Å²) in [5, 5.41) is 6.78. The number of thiocarbonyl (C=S) groups is 1. The van der Waals surface area contributed by atoms with Crippen molar-refractivity contribution in [2.75, 3.05) is 25.6 Å². The first-order valence-electron chi connectivity index (χ1n) is 6.74. The van der Waals surface area contributed by atoms with Gasteiger partial charge >= 0.3 is 0 Å². The quantitative estimate of drug-likeness (QED) is 0.588. The number of methoxy groups -OCH3 is 1. The fourth-order valence-corrected chi connectivity index (χ4v) is 2.37. The molecule has 0 unspecified atom stereocenters. The number of halogens is 1. The monoisotopic (exact) mass is 380 g/mol. The van der Waals surface area contributed by atoms with Gasteiger partial charge in [0.25, 0.3) is 0 Å². The molecule has 0 saturated heterocycles. The van der Waals surface area contributed by atoms with Crippen molar-refractivity contribution >= 4 is 38.9 Å². The van der Waals surface area contributed by atoms with Crippen molar-refractivity contribution in [1.82, 2.24) is 5.32 Å². The van der Waals surface area contributed by atoms with Gasteiger partial charge < -0.3 is 20.1 Å². The Morgan fingerprint density at radius 2 is 1.86 bits per heavy atom. The highest BCUT2D eigenvalue weighted by Gasteiger charge is 1.99. The molecule has 0 aliphatic rings. The van der Waals surface area contributed by atoms with Gasteiger partial charge in [0, 0.05) is 10.2 Å². The van der Waals surface area contributed by atoms with Crippen LogP contribution in [0.15, 0.2) is 53.0 Å². The molecule has 0 aliphatic heterocycles. The van der Waals surface area contributed by atoms with Crippen LogP contribution in [0.25, 0.3) is 0 Å². The van der Waals surface area contributed by atoms with Crippen LogP contribution in [0.5, 0.6) is 11.5 Å². The summed E-state index contributed by atoms with van der Waals surface area (Å²) >= 11 is 8.65. The molecule has 4 nitrogen and oxygen atoms in total.